The van der Waals surface area contributed by atoms with Crippen LogP contribution in [0, 0.1) is 13.8 Å². The summed E-state index contributed by atoms with van der Waals surface area (Å²) in [6.07, 6.45) is 0. The number of ether oxygens (including phenoxy) is 1. The summed E-state index contributed by atoms with van der Waals surface area (Å²) < 4.78 is 5.11. The van der Waals surface area contributed by atoms with Gasteiger partial charge in [0.25, 0.3) is 5.91 Å². The number of nitrogens with zero attached hydrogens (tertiary/aromatic N) is 3. The van der Waals surface area contributed by atoms with Crippen molar-refractivity contribution in [2.75, 3.05) is 11.9 Å². The summed E-state index contributed by atoms with van der Waals surface area (Å²) in [7, 11) is 0. The summed E-state index contributed by atoms with van der Waals surface area (Å²) >= 11 is 1.25. The molecular weight excluding hydrogens is 328 g/mol. The number of anilines is 1. The van der Waals surface area contributed by atoms with Crippen molar-refractivity contribution in [3.63, 3.8) is 0 Å². The number of amides is 1. The second kappa shape index (κ2) is 6.71. The molecule has 0 saturated carbocycles. The Morgan fingerprint density at radius 1 is 1.21 bits per heavy atom. The Balaban J connectivity index is 1.70. The summed E-state index contributed by atoms with van der Waals surface area (Å²) in [5, 5.41) is 11.9. The standard InChI is InChI=1S/C16H14N4O3S/c1-9-7-12(11-5-3-4-6-13(11)17-9)15(22)23-8-14(21)18-16-20-19-10(2)24-16/h3-7H,8H2,1-2H3,(H,18,20,21). The highest BCUT2D eigenvalue weighted by Crippen LogP contribution is 2.19. The Labute approximate surface area is 141 Å². The summed E-state index contributed by atoms with van der Waals surface area (Å²) in [5.74, 6) is -1.03. The normalized spacial score (nSPS) is 10.6. The first-order chi connectivity index (χ1) is 11.5. The summed E-state index contributed by atoms with van der Waals surface area (Å²) in [6, 6.07) is 8.94. The molecule has 7 nitrogen and oxygen atoms in total. The van der Waals surface area contributed by atoms with Crippen molar-refractivity contribution in [3.8, 4) is 0 Å². The Morgan fingerprint density at radius 2 is 2.00 bits per heavy atom. The predicted octanol–water partition coefficient (Wildman–Crippen LogP) is 2.50. The molecule has 1 amide bonds. The third kappa shape index (κ3) is 3.54. The molecule has 0 fully saturated rings. The van der Waals surface area contributed by atoms with E-state index in [1.54, 1.807) is 26.0 Å². The van der Waals surface area contributed by atoms with Crippen molar-refractivity contribution < 1.29 is 14.3 Å². The highest BCUT2D eigenvalue weighted by molar-refractivity contribution is 7.15. The first-order valence-electron chi connectivity index (χ1n) is 7.16. The fourth-order valence-corrected chi connectivity index (χ4v) is 2.80. The van der Waals surface area contributed by atoms with Gasteiger partial charge in [0.05, 0.1) is 11.1 Å². The first kappa shape index (κ1) is 16.0. The fourth-order valence-electron chi connectivity index (χ4n) is 2.19. The molecule has 3 aromatic rings. The van der Waals surface area contributed by atoms with Gasteiger partial charge < -0.3 is 4.74 Å². The molecule has 2 aromatic heterocycles. The third-order valence-electron chi connectivity index (χ3n) is 3.17. The van der Waals surface area contributed by atoms with Gasteiger partial charge in [-0.15, -0.1) is 10.2 Å². The van der Waals surface area contributed by atoms with E-state index in [9.17, 15) is 9.59 Å². The van der Waals surface area contributed by atoms with E-state index in [0.29, 0.717) is 27.3 Å². The number of para-hydroxylation sites is 1. The van der Waals surface area contributed by atoms with Crippen molar-refractivity contribution in [3.05, 3.63) is 46.6 Å². The zero-order valence-corrected chi connectivity index (χ0v) is 13.9. The molecule has 0 aliphatic heterocycles. The number of esters is 1. The Morgan fingerprint density at radius 3 is 2.75 bits per heavy atom. The molecule has 1 N–H and O–H groups in total. The van der Waals surface area contributed by atoms with Crippen molar-refractivity contribution in [2.45, 2.75) is 13.8 Å². The Hall–Kier alpha value is -2.87. The zero-order chi connectivity index (χ0) is 17.1. The highest BCUT2D eigenvalue weighted by Gasteiger charge is 2.15. The van der Waals surface area contributed by atoms with E-state index in [2.05, 4.69) is 20.5 Å². The second-order valence-corrected chi connectivity index (χ2v) is 6.26. The van der Waals surface area contributed by atoms with Crippen LogP contribution >= 0.6 is 11.3 Å². The number of hydrogen-bond donors (Lipinski definition) is 1. The molecule has 8 heteroatoms. The molecule has 2 heterocycles. The number of carbonyl (C=O) groups is 2. The van der Waals surface area contributed by atoms with Crippen LogP contribution in [0.25, 0.3) is 10.9 Å². The van der Waals surface area contributed by atoms with Crippen molar-refractivity contribution in [1.29, 1.82) is 0 Å². The van der Waals surface area contributed by atoms with Crippen LogP contribution in [0.1, 0.15) is 21.1 Å². The zero-order valence-electron chi connectivity index (χ0n) is 13.1. The number of nitrogens with one attached hydrogen (secondary N) is 1. The van der Waals surface area contributed by atoms with Crippen molar-refractivity contribution in [2.24, 2.45) is 0 Å². The highest BCUT2D eigenvalue weighted by atomic mass is 32.1. The first-order valence-corrected chi connectivity index (χ1v) is 7.98. The maximum atomic E-state index is 12.3. The molecular formula is C16H14N4O3S. The monoisotopic (exact) mass is 342 g/mol. The van der Waals surface area contributed by atoms with E-state index >= 15 is 0 Å². The van der Waals surface area contributed by atoms with Crippen LogP contribution in [0.2, 0.25) is 0 Å². The smallest absolute Gasteiger partial charge is 0.339 e. The van der Waals surface area contributed by atoms with Crippen LogP contribution in [0.15, 0.2) is 30.3 Å². The molecule has 3 rings (SSSR count). The summed E-state index contributed by atoms with van der Waals surface area (Å²) in [4.78, 5) is 28.5. The Kier molecular flexibility index (Phi) is 4.48. The van der Waals surface area contributed by atoms with Crippen LogP contribution in [0.4, 0.5) is 5.13 Å². The van der Waals surface area contributed by atoms with Crippen LogP contribution in [-0.4, -0.2) is 33.7 Å². The average Bonchev–Trinajstić information content (AvgIpc) is 2.96. The molecule has 122 valence electrons. The van der Waals surface area contributed by atoms with E-state index < -0.39 is 18.5 Å². The van der Waals surface area contributed by atoms with Crippen molar-refractivity contribution in [1.82, 2.24) is 15.2 Å². The van der Waals surface area contributed by atoms with Crippen LogP contribution in [-0.2, 0) is 9.53 Å². The van der Waals surface area contributed by atoms with Gasteiger partial charge in [-0.05, 0) is 26.0 Å². The number of hydrogen-bond acceptors (Lipinski definition) is 7. The van der Waals surface area contributed by atoms with Gasteiger partial charge in [-0.3, -0.25) is 15.1 Å². The van der Waals surface area contributed by atoms with E-state index in [1.807, 2.05) is 18.2 Å². The van der Waals surface area contributed by atoms with Gasteiger partial charge in [-0.25, -0.2) is 4.79 Å². The van der Waals surface area contributed by atoms with Gasteiger partial charge in [-0.1, -0.05) is 29.5 Å². The molecule has 24 heavy (non-hydrogen) atoms. The van der Waals surface area contributed by atoms with Crippen LogP contribution < -0.4 is 5.32 Å². The molecule has 0 aliphatic rings. The molecule has 0 aliphatic carbocycles. The van der Waals surface area contributed by atoms with Gasteiger partial charge in [0, 0.05) is 11.1 Å². The van der Waals surface area contributed by atoms with Gasteiger partial charge in [-0.2, -0.15) is 0 Å². The lowest BCUT2D eigenvalue weighted by Gasteiger charge is -2.08. The molecule has 1 aromatic carbocycles. The van der Waals surface area contributed by atoms with Gasteiger partial charge >= 0.3 is 5.97 Å². The molecule has 0 saturated heterocycles. The maximum absolute atomic E-state index is 12.3. The van der Waals surface area contributed by atoms with Gasteiger partial charge in [0.2, 0.25) is 5.13 Å². The molecule has 0 unspecified atom stereocenters. The van der Waals surface area contributed by atoms with Gasteiger partial charge in [0.15, 0.2) is 6.61 Å². The van der Waals surface area contributed by atoms with Gasteiger partial charge in [0.1, 0.15) is 5.01 Å². The number of aromatic nitrogens is 3. The molecule has 0 bridgehead atoms. The molecule has 0 spiro atoms. The summed E-state index contributed by atoms with van der Waals surface area (Å²) in [6.45, 7) is 3.19. The largest absolute Gasteiger partial charge is 0.452 e. The lowest BCUT2D eigenvalue weighted by atomic mass is 10.1. The van der Waals surface area contributed by atoms with Crippen LogP contribution in [0.3, 0.4) is 0 Å². The second-order valence-electron chi connectivity index (χ2n) is 5.08. The number of fused-ring (bicyclic) bond motifs is 1. The van der Waals surface area contributed by atoms with Crippen molar-refractivity contribution >= 4 is 39.2 Å². The number of aryl methyl sites for hydroxylation is 2. The number of rotatable bonds is 4. The lowest BCUT2D eigenvalue weighted by molar-refractivity contribution is -0.119. The predicted molar refractivity (Wildman–Crippen MR) is 90.0 cm³/mol. The minimum Gasteiger partial charge on any atom is -0.452 e. The Bertz CT molecular complexity index is 923. The molecule has 0 atom stereocenters. The minimum absolute atomic E-state index is 0.374. The SMILES string of the molecule is Cc1cc(C(=O)OCC(=O)Nc2nnc(C)s2)c2ccccc2n1. The summed E-state index contributed by atoms with van der Waals surface area (Å²) in [5.41, 5.74) is 1.80. The number of carbonyl (C=O) groups excluding carboxylic acids is 2. The maximum Gasteiger partial charge on any atom is 0.339 e. The molecule has 0 radical (unpaired) electrons. The van der Waals surface area contributed by atoms with E-state index in [1.165, 1.54) is 11.3 Å². The number of benzene rings is 1. The minimum atomic E-state index is -0.569. The topological polar surface area (TPSA) is 94.1 Å². The number of pyridine rings is 1. The van der Waals surface area contributed by atoms with E-state index in [4.69, 9.17) is 4.74 Å². The quantitative estimate of drug-likeness (QED) is 0.732. The third-order valence-corrected chi connectivity index (χ3v) is 3.93. The van der Waals surface area contributed by atoms with E-state index in [0.717, 1.165) is 5.01 Å². The lowest BCUT2D eigenvalue weighted by Crippen LogP contribution is -2.21. The fraction of sp³-hybridized carbons (Fsp3) is 0.188. The average molecular weight is 342 g/mol. The van der Waals surface area contributed by atoms with E-state index in [-0.39, 0.29) is 0 Å². The van der Waals surface area contributed by atoms with Crippen LogP contribution in [0.5, 0.6) is 0 Å².